The highest BCUT2D eigenvalue weighted by Crippen LogP contribution is 2.13. The van der Waals surface area contributed by atoms with Crippen molar-refractivity contribution in [3.05, 3.63) is 0 Å². The number of piperidine rings is 1. The maximum atomic E-state index is 9.07. The number of hydrogen-bond donors (Lipinski definition) is 2. The van der Waals surface area contributed by atoms with Crippen molar-refractivity contribution in [1.82, 2.24) is 10.2 Å². The molecule has 1 aliphatic rings. The van der Waals surface area contributed by atoms with Gasteiger partial charge in [0.1, 0.15) is 0 Å². The molecule has 0 unspecified atom stereocenters. The highest BCUT2D eigenvalue weighted by Gasteiger charge is 2.16. The van der Waals surface area contributed by atoms with E-state index in [1.807, 2.05) is 0 Å². The molecule has 1 rings (SSSR count). The van der Waals surface area contributed by atoms with Gasteiger partial charge in [0.2, 0.25) is 0 Å². The predicted octanol–water partition coefficient (Wildman–Crippen LogP) is 1.47. The van der Waals surface area contributed by atoms with Gasteiger partial charge in [-0.05, 0) is 44.8 Å². The van der Waals surface area contributed by atoms with Crippen LogP contribution in [0.4, 0.5) is 0 Å². The lowest BCUT2D eigenvalue weighted by Gasteiger charge is -2.29. The molecule has 0 spiro atoms. The van der Waals surface area contributed by atoms with E-state index in [2.05, 4.69) is 17.1 Å². The minimum Gasteiger partial charge on any atom is -0.395 e. The number of hydrogen-bond acceptors (Lipinski definition) is 3. The molecular weight excluding hydrogens is 200 g/mol. The van der Waals surface area contributed by atoms with Crippen molar-refractivity contribution in [2.75, 3.05) is 39.3 Å². The summed E-state index contributed by atoms with van der Waals surface area (Å²) in [6.07, 6.45) is 6.47. The van der Waals surface area contributed by atoms with Gasteiger partial charge >= 0.3 is 0 Å². The molecule has 0 aliphatic carbocycles. The standard InChI is InChI=1S/C13H28N2O/c1-2-3-4-9-15(10-11-16)12-13-5-7-14-8-6-13/h13-14,16H,2-12H2,1H3. The largest absolute Gasteiger partial charge is 0.395 e. The van der Waals surface area contributed by atoms with E-state index >= 15 is 0 Å². The Balaban J connectivity index is 2.19. The van der Waals surface area contributed by atoms with Gasteiger partial charge in [0.25, 0.3) is 0 Å². The zero-order valence-corrected chi connectivity index (χ0v) is 10.7. The van der Waals surface area contributed by atoms with Crippen LogP contribution >= 0.6 is 0 Å². The van der Waals surface area contributed by atoms with E-state index in [1.165, 1.54) is 58.3 Å². The van der Waals surface area contributed by atoms with Crippen molar-refractivity contribution >= 4 is 0 Å². The van der Waals surface area contributed by atoms with Crippen LogP contribution in [0, 0.1) is 5.92 Å². The Morgan fingerprint density at radius 3 is 2.56 bits per heavy atom. The molecule has 96 valence electrons. The van der Waals surface area contributed by atoms with E-state index in [0.717, 1.165) is 12.5 Å². The second-order valence-electron chi connectivity index (χ2n) is 4.92. The lowest BCUT2D eigenvalue weighted by Crippen LogP contribution is -2.37. The van der Waals surface area contributed by atoms with Crippen LogP contribution in [0.3, 0.4) is 0 Å². The highest BCUT2D eigenvalue weighted by molar-refractivity contribution is 4.72. The third-order valence-corrected chi connectivity index (χ3v) is 3.47. The van der Waals surface area contributed by atoms with Crippen LogP contribution in [0.2, 0.25) is 0 Å². The second-order valence-corrected chi connectivity index (χ2v) is 4.92. The van der Waals surface area contributed by atoms with Gasteiger partial charge in [0.15, 0.2) is 0 Å². The lowest BCUT2D eigenvalue weighted by molar-refractivity contribution is 0.161. The van der Waals surface area contributed by atoms with Crippen molar-refractivity contribution in [1.29, 1.82) is 0 Å². The summed E-state index contributed by atoms with van der Waals surface area (Å²) in [5.74, 6) is 0.842. The Kier molecular flexibility index (Phi) is 7.81. The number of aliphatic hydroxyl groups is 1. The molecule has 0 saturated carbocycles. The Bertz CT molecular complexity index is 158. The summed E-state index contributed by atoms with van der Waals surface area (Å²) in [6, 6.07) is 0. The zero-order chi connectivity index (χ0) is 11.6. The Morgan fingerprint density at radius 1 is 1.19 bits per heavy atom. The van der Waals surface area contributed by atoms with E-state index in [0.29, 0.717) is 6.61 Å². The van der Waals surface area contributed by atoms with Crippen LogP contribution in [-0.4, -0.2) is 49.3 Å². The Labute approximate surface area is 100 Å². The maximum absolute atomic E-state index is 9.07. The summed E-state index contributed by atoms with van der Waals surface area (Å²) in [4.78, 5) is 2.45. The fraction of sp³-hybridized carbons (Fsp3) is 1.00. The van der Waals surface area contributed by atoms with Gasteiger partial charge in [0, 0.05) is 13.1 Å². The van der Waals surface area contributed by atoms with Crippen molar-refractivity contribution in [2.24, 2.45) is 5.92 Å². The first kappa shape index (κ1) is 13.9. The van der Waals surface area contributed by atoms with Crippen LogP contribution in [0.1, 0.15) is 39.0 Å². The molecule has 0 amide bonds. The van der Waals surface area contributed by atoms with E-state index in [9.17, 15) is 0 Å². The molecule has 2 N–H and O–H groups in total. The first-order valence-corrected chi connectivity index (χ1v) is 6.90. The molecule has 16 heavy (non-hydrogen) atoms. The van der Waals surface area contributed by atoms with Crippen molar-refractivity contribution < 1.29 is 5.11 Å². The molecule has 0 aromatic carbocycles. The molecule has 0 aromatic heterocycles. The number of nitrogens with zero attached hydrogens (tertiary/aromatic N) is 1. The summed E-state index contributed by atoms with van der Waals surface area (Å²) >= 11 is 0. The maximum Gasteiger partial charge on any atom is 0.0558 e. The van der Waals surface area contributed by atoms with Crippen molar-refractivity contribution in [3.63, 3.8) is 0 Å². The molecule has 3 heteroatoms. The molecule has 1 aliphatic heterocycles. The number of aliphatic hydroxyl groups excluding tert-OH is 1. The molecule has 3 nitrogen and oxygen atoms in total. The van der Waals surface area contributed by atoms with Crippen LogP contribution in [0.15, 0.2) is 0 Å². The first-order valence-electron chi connectivity index (χ1n) is 6.90. The molecule has 1 saturated heterocycles. The van der Waals surface area contributed by atoms with Gasteiger partial charge in [-0.2, -0.15) is 0 Å². The minimum atomic E-state index is 0.303. The zero-order valence-electron chi connectivity index (χ0n) is 10.7. The smallest absolute Gasteiger partial charge is 0.0558 e. The topological polar surface area (TPSA) is 35.5 Å². The van der Waals surface area contributed by atoms with Crippen LogP contribution in [0.5, 0.6) is 0 Å². The van der Waals surface area contributed by atoms with Crippen LogP contribution < -0.4 is 5.32 Å². The molecular formula is C13H28N2O. The molecule has 1 fully saturated rings. The van der Waals surface area contributed by atoms with Gasteiger partial charge < -0.3 is 15.3 Å². The number of unbranched alkanes of at least 4 members (excludes halogenated alkanes) is 2. The lowest BCUT2D eigenvalue weighted by atomic mass is 9.97. The Morgan fingerprint density at radius 2 is 1.94 bits per heavy atom. The predicted molar refractivity (Wildman–Crippen MR) is 68.6 cm³/mol. The third kappa shape index (κ3) is 5.83. The first-order chi connectivity index (χ1) is 7.86. The number of rotatable bonds is 8. The molecule has 0 atom stereocenters. The van der Waals surface area contributed by atoms with E-state index in [4.69, 9.17) is 5.11 Å². The van der Waals surface area contributed by atoms with Crippen molar-refractivity contribution in [3.8, 4) is 0 Å². The summed E-state index contributed by atoms with van der Waals surface area (Å²) in [5, 5.41) is 12.5. The van der Waals surface area contributed by atoms with E-state index in [-0.39, 0.29) is 0 Å². The van der Waals surface area contributed by atoms with E-state index < -0.39 is 0 Å². The molecule has 0 radical (unpaired) electrons. The third-order valence-electron chi connectivity index (χ3n) is 3.47. The van der Waals surface area contributed by atoms with Crippen LogP contribution in [0.25, 0.3) is 0 Å². The van der Waals surface area contributed by atoms with Crippen LogP contribution in [-0.2, 0) is 0 Å². The van der Waals surface area contributed by atoms with Crippen molar-refractivity contribution in [2.45, 2.75) is 39.0 Å². The average Bonchev–Trinajstić information content (AvgIpc) is 2.31. The van der Waals surface area contributed by atoms with Gasteiger partial charge in [-0.15, -0.1) is 0 Å². The number of nitrogens with one attached hydrogen (secondary N) is 1. The SMILES string of the molecule is CCCCCN(CCO)CC1CCNCC1. The van der Waals surface area contributed by atoms with E-state index in [1.54, 1.807) is 0 Å². The fourth-order valence-electron chi connectivity index (χ4n) is 2.45. The fourth-order valence-corrected chi connectivity index (χ4v) is 2.45. The van der Waals surface area contributed by atoms with Gasteiger partial charge in [0.05, 0.1) is 6.61 Å². The van der Waals surface area contributed by atoms with Gasteiger partial charge in [-0.3, -0.25) is 0 Å². The van der Waals surface area contributed by atoms with Gasteiger partial charge in [-0.1, -0.05) is 19.8 Å². The minimum absolute atomic E-state index is 0.303. The summed E-state index contributed by atoms with van der Waals surface area (Å²) in [5.41, 5.74) is 0. The highest BCUT2D eigenvalue weighted by atomic mass is 16.3. The second kappa shape index (κ2) is 8.97. The summed E-state index contributed by atoms with van der Waals surface area (Å²) in [6.45, 7) is 8.09. The quantitative estimate of drug-likeness (QED) is 0.618. The Hall–Kier alpha value is -0.120. The summed E-state index contributed by atoms with van der Waals surface area (Å²) in [7, 11) is 0. The van der Waals surface area contributed by atoms with Gasteiger partial charge in [-0.25, -0.2) is 0 Å². The monoisotopic (exact) mass is 228 g/mol. The normalized spacial score (nSPS) is 18.2. The molecule has 0 bridgehead atoms. The molecule has 0 aromatic rings. The summed E-state index contributed by atoms with van der Waals surface area (Å²) < 4.78 is 0. The molecule has 1 heterocycles. The average molecular weight is 228 g/mol.